The van der Waals surface area contributed by atoms with Crippen LogP contribution in [-0.2, 0) is 9.59 Å². The van der Waals surface area contributed by atoms with Crippen molar-refractivity contribution >= 4 is 17.9 Å². The summed E-state index contributed by atoms with van der Waals surface area (Å²) < 4.78 is 13.1. The van der Waals surface area contributed by atoms with Gasteiger partial charge in [-0.3, -0.25) is 14.5 Å². The molecular weight excluding hydrogens is 293 g/mol. The van der Waals surface area contributed by atoms with Crippen molar-refractivity contribution in [3.63, 3.8) is 0 Å². The fourth-order valence-electron chi connectivity index (χ4n) is 1.84. The predicted molar refractivity (Wildman–Crippen MR) is 93.3 cm³/mol. The van der Waals surface area contributed by atoms with E-state index in [1.807, 2.05) is 27.7 Å². The van der Waals surface area contributed by atoms with Crippen LogP contribution in [0.5, 0.6) is 0 Å². The van der Waals surface area contributed by atoms with Crippen LogP contribution in [0.1, 0.15) is 45.2 Å². The average molecular weight is 319 g/mol. The Labute approximate surface area is 138 Å². The summed E-state index contributed by atoms with van der Waals surface area (Å²) in [5.41, 5.74) is 1.25. The average Bonchev–Trinajstić information content (AvgIpc) is 2.59. The maximum Gasteiger partial charge on any atom is 0.253 e. The topological polar surface area (TPSA) is 37.4 Å². The molecule has 1 aromatic rings. The molecule has 2 rings (SSSR count). The van der Waals surface area contributed by atoms with Crippen LogP contribution in [0.25, 0.3) is 6.08 Å². The molecule has 0 fully saturated rings. The van der Waals surface area contributed by atoms with Gasteiger partial charge in [0.05, 0.1) is 0 Å². The molecule has 0 spiro atoms. The summed E-state index contributed by atoms with van der Waals surface area (Å²) in [5.74, 6) is -0.924. The van der Waals surface area contributed by atoms with Gasteiger partial charge in [0, 0.05) is 12.6 Å². The van der Waals surface area contributed by atoms with Crippen LogP contribution in [0.3, 0.4) is 0 Å². The van der Waals surface area contributed by atoms with E-state index in [0.717, 1.165) is 5.56 Å². The van der Waals surface area contributed by atoms with Gasteiger partial charge in [-0.1, -0.05) is 39.8 Å². The van der Waals surface area contributed by atoms with Crippen molar-refractivity contribution in [3.05, 3.63) is 53.4 Å². The third kappa shape index (κ3) is 6.59. The molecule has 3 nitrogen and oxygen atoms in total. The highest BCUT2D eigenvalue weighted by atomic mass is 19.1. The smallest absolute Gasteiger partial charge is 0.253 e. The Hall–Kier alpha value is -2.23. The Balaban J connectivity index is 0.00000112. The number of hydrogen-bond donors (Lipinski definition) is 0. The van der Waals surface area contributed by atoms with Crippen molar-refractivity contribution in [1.29, 1.82) is 0 Å². The number of carbonyl (C=O) groups excluding carboxylic acids is 2. The summed E-state index contributed by atoms with van der Waals surface area (Å²) in [7, 11) is 0. The third-order valence-corrected chi connectivity index (χ3v) is 2.91. The molecule has 0 aliphatic carbocycles. The van der Waals surface area contributed by atoms with Gasteiger partial charge in [-0.2, -0.15) is 0 Å². The standard InChI is InChI=1S/C15H14FNO2.2C2H6/c1-11-10-12(5-7-13(11)16)6-8-15(19)17-9-3-2-4-14(17)18;2*1-2/h2,4-8,10H,3,9H2,1H3;2*1-2H3/b8-6+;;. The largest absolute Gasteiger partial charge is 0.275 e. The van der Waals surface area contributed by atoms with Crippen molar-refractivity contribution in [2.75, 3.05) is 6.54 Å². The first-order valence-electron chi connectivity index (χ1n) is 8.04. The molecule has 1 aliphatic heterocycles. The molecule has 0 bridgehead atoms. The van der Waals surface area contributed by atoms with Gasteiger partial charge >= 0.3 is 0 Å². The molecule has 1 aromatic carbocycles. The lowest BCUT2D eigenvalue weighted by molar-refractivity contribution is -0.139. The van der Waals surface area contributed by atoms with E-state index < -0.39 is 0 Å². The SMILES string of the molecule is CC.CC.Cc1cc(/C=C/C(=O)N2CCC=CC2=O)ccc1F. The number of hydrogen-bond acceptors (Lipinski definition) is 2. The number of benzene rings is 1. The summed E-state index contributed by atoms with van der Waals surface area (Å²) in [6.07, 6.45) is 6.75. The minimum atomic E-state index is -0.351. The molecule has 0 unspecified atom stereocenters. The van der Waals surface area contributed by atoms with Gasteiger partial charge in [0.15, 0.2) is 0 Å². The molecule has 0 atom stereocenters. The van der Waals surface area contributed by atoms with Gasteiger partial charge < -0.3 is 0 Å². The molecular formula is C19H26FNO2. The molecule has 0 aromatic heterocycles. The summed E-state index contributed by atoms with van der Waals surface area (Å²) in [6.45, 7) is 10.1. The minimum Gasteiger partial charge on any atom is -0.275 e. The van der Waals surface area contributed by atoms with E-state index in [1.165, 1.54) is 23.1 Å². The Bertz CT molecular complexity index is 577. The van der Waals surface area contributed by atoms with Crippen molar-refractivity contribution in [2.45, 2.75) is 41.0 Å². The van der Waals surface area contributed by atoms with Crippen LogP contribution in [0.2, 0.25) is 0 Å². The Morgan fingerprint density at radius 2 is 1.87 bits per heavy atom. The van der Waals surface area contributed by atoms with Crippen LogP contribution in [0.15, 0.2) is 36.4 Å². The Morgan fingerprint density at radius 3 is 2.43 bits per heavy atom. The molecule has 23 heavy (non-hydrogen) atoms. The number of carbonyl (C=O) groups is 2. The van der Waals surface area contributed by atoms with Crippen molar-refractivity contribution < 1.29 is 14.0 Å². The monoisotopic (exact) mass is 319 g/mol. The van der Waals surface area contributed by atoms with Gasteiger partial charge in [0.25, 0.3) is 11.8 Å². The Kier molecular flexibility index (Phi) is 10.3. The van der Waals surface area contributed by atoms with Gasteiger partial charge in [-0.15, -0.1) is 0 Å². The zero-order valence-electron chi connectivity index (χ0n) is 14.6. The second-order valence-electron chi connectivity index (χ2n) is 4.36. The fourth-order valence-corrected chi connectivity index (χ4v) is 1.84. The maximum absolute atomic E-state index is 13.1. The minimum absolute atomic E-state index is 0.278. The molecule has 0 radical (unpaired) electrons. The summed E-state index contributed by atoms with van der Waals surface area (Å²) in [6, 6.07) is 4.59. The molecule has 0 N–H and O–H groups in total. The third-order valence-electron chi connectivity index (χ3n) is 2.91. The molecule has 2 amide bonds. The first kappa shape index (κ1) is 20.8. The molecule has 0 saturated carbocycles. The van der Waals surface area contributed by atoms with Gasteiger partial charge in [0.1, 0.15) is 5.82 Å². The number of aryl methyl sites for hydroxylation is 1. The lowest BCUT2D eigenvalue weighted by atomic mass is 10.1. The van der Waals surface area contributed by atoms with Crippen molar-refractivity contribution in [2.24, 2.45) is 0 Å². The number of rotatable bonds is 2. The molecule has 0 saturated heterocycles. The lowest BCUT2D eigenvalue weighted by Crippen LogP contribution is -2.37. The Morgan fingerprint density at radius 1 is 1.22 bits per heavy atom. The highest BCUT2D eigenvalue weighted by Gasteiger charge is 2.18. The van der Waals surface area contributed by atoms with Crippen LogP contribution in [0.4, 0.5) is 4.39 Å². The van der Waals surface area contributed by atoms with E-state index in [1.54, 1.807) is 31.2 Å². The lowest BCUT2D eigenvalue weighted by Gasteiger charge is -2.19. The molecule has 126 valence electrons. The van der Waals surface area contributed by atoms with Crippen LogP contribution >= 0.6 is 0 Å². The van der Waals surface area contributed by atoms with Crippen LogP contribution in [0, 0.1) is 12.7 Å². The van der Waals surface area contributed by atoms with Crippen LogP contribution in [-0.4, -0.2) is 23.3 Å². The number of halogens is 1. The molecule has 1 heterocycles. The van der Waals surface area contributed by atoms with Gasteiger partial charge in [-0.05, 0) is 48.8 Å². The second kappa shape index (κ2) is 11.4. The first-order valence-corrected chi connectivity index (χ1v) is 8.04. The number of imide groups is 1. The van der Waals surface area contributed by atoms with E-state index in [9.17, 15) is 14.0 Å². The molecule has 4 heteroatoms. The van der Waals surface area contributed by atoms with Crippen molar-refractivity contribution in [3.8, 4) is 0 Å². The number of amides is 2. The summed E-state index contributed by atoms with van der Waals surface area (Å²) in [4.78, 5) is 24.5. The van der Waals surface area contributed by atoms with E-state index in [2.05, 4.69) is 0 Å². The van der Waals surface area contributed by atoms with Gasteiger partial charge in [-0.25, -0.2) is 4.39 Å². The van der Waals surface area contributed by atoms with Gasteiger partial charge in [0.2, 0.25) is 0 Å². The predicted octanol–water partition coefficient (Wildman–Crippen LogP) is 4.51. The van der Waals surface area contributed by atoms with E-state index in [0.29, 0.717) is 18.5 Å². The maximum atomic E-state index is 13.1. The van der Waals surface area contributed by atoms with Crippen molar-refractivity contribution in [1.82, 2.24) is 4.90 Å². The zero-order chi connectivity index (χ0) is 17.8. The molecule has 1 aliphatic rings. The summed E-state index contributed by atoms with van der Waals surface area (Å²) >= 11 is 0. The first-order chi connectivity index (χ1) is 11.1. The zero-order valence-corrected chi connectivity index (χ0v) is 14.6. The van der Waals surface area contributed by atoms with E-state index >= 15 is 0 Å². The summed E-state index contributed by atoms with van der Waals surface area (Å²) in [5, 5.41) is 0. The fraction of sp³-hybridized carbons (Fsp3) is 0.368. The van der Waals surface area contributed by atoms with E-state index in [4.69, 9.17) is 0 Å². The highest BCUT2D eigenvalue weighted by Crippen LogP contribution is 2.11. The normalized spacial score (nSPS) is 13.1. The quantitative estimate of drug-likeness (QED) is 0.752. The van der Waals surface area contributed by atoms with E-state index in [-0.39, 0.29) is 17.6 Å². The van der Waals surface area contributed by atoms with Crippen LogP contribution < -0.4 is 0 Å². The second-order valence-corrected chi connectivity index (χ2v) is 4.36. The highest BCUT2D eigenvalue weighted by molar-refractivity contribution is 6.06. The number of nitrogens with zero attached hydrogens (tertiary/aromatic N) is 1.